The Labute approximate surface area is 146 Å². The van der Waals surface area contributed by atoms with Crippen LogP contribution >= 0.6 is 0 Å². The maximum Gasteiger partial charge on any atom is 0.389 e. The zero-order valence-corrected chi connectivity index (χ0v) is 14.3. The molecule has 8 heteroatoms. The number of ether oxygens (including phenoxy) is 1. The van der Waals surface area contributed by atoms with Gasteiger partial charge in [-0.2, -0.15) is 13.2 Å². The Morgan fingerprint density at radius 2 is 2.08 bits per heavy atom. The molecule has 1 unspecified atom stereocenters. The van der Waals surface area contributed by atoms with Crippen LogP contribution in [0.1, 0.15) is 37.9 Å². The number of halogens is 3. The lowest BCUT2D eigenvalue weighted by molar-refractivity contribution is -0.135. The van der Waals surface area contributed by atoms with Crippen LogP contribution in [0, 0.1) is 0 Å². The Morgan fingerprint density at radius 3 is 2.76 bits per heavy atom. The predicted octanol–water partition coefficient (Wildman–Crippen LogP) is 3.27. The second-order valence-electron chi connectivity index (χ2n) is 6.08. The van der Waals surface area contributed by atoms with E-state index in [0.29, 0.717) is 38.4 Å². The highest BCUT2D eigenvalue weighted by Crippen LogP contribution is 2.21. The summed E-state index contributed by atoms with van der Waals surface area (Å²) in [6, 6.07) is 3.73. The number of rotatable bonds is 9. The Bertz CT molecular complexity index is 498. The summed E-state index contributed by atoms with van der Waals surface area (Å²) in [5.41, 5.74) is 0. The largest absolute Gasteiger partial charge is 0.469 e. The molecule has 1 fully saturated rings. The lowest BCUT2D eigenvalue weighted by Crippen LogP contribution is -2.39. The molecule has 0 spiro atoms. The molecule has 1 aromatic rings. The lowest BCUT2D eigenvalue weighted by atomic mass is 10.2. The molecule has 25 heavy (non-hydrogen) atoms. The molecule has 1 saturated heterocycles. The van der Waals surface area contributed by atoms with Crippen molar-refractivity contribution < 1.29 is 22.3 Å². The van der Waals surface area contributed by atoms with Gasteiger partial charge in [-0.15, -0.1) is 0 Å². The molecule has 0 amide bonds. The molecule has 0 bridgehead atoms. The summed E-state index contributed by atoms with van der Waals surface area (Å²) in [5, 5.41) is 6.29. The quantitative estimate of drug-likeness (QED) is 0.403. The smallest absolute Gasteiger partial charge is 0.389 e. The predicted molar refractivity (Wildman–Crippen MR) is 89.6 cm³/mol. The van der Waals surface area contributed by atoms with Gasteiger partial charge >= 0.3 is 6.18 Å². The Balaban J connectivity index is 1.71. The molecule has 0 aromatic carbocycles. The van der Waals surface area contributed by atoms with Crippen molar-refractivity contribution in [3.8, 4) is 0 Å². The molecule has 0 saturated carbocycles. The van der Waals surface area contributed by atoms with Crippen LogP contribution in [0.15, 0.2) is 27.8 Å². The fraction of sp³-hybridized carbons (Fsp3) is 0.706. The van der Waals surface area contributed by atoms with Gasteiger partial charge in [-0.1, -0.05) is 0 Å². The first-order valence-corrected chi connectivity index (χ1v) is 8.76. The van der Waals surface area contributed by atoms with Crippen LogP contribution in [0.3, 0.4) is 0 Å². The van der Waals surface area contributed by atoms with Crippen molar-refractivity contribution in [2.75, 3.05) is 26.2 Å². The number of hydrogen-bond donors (Lipinski definition) is 2. The molecule has 0 radical (unpaired) electrons. The van der Waals surface area contributed by atoms with Crippen molar-refractivity contribution in [3.63, 3.8) is 0 Å². The van der Waals surface area contributed by atoms with E-state index in [1.165, 1.54) is 0 Å². The van der Waals surface area contributed by atoms with E-state index in [0.717, 1.165) is 25.2 Å². The fourth-order valence-corrected chi connectivity index (χ4v) is 2.57. The highest BCUT2D eigenvalue weighted by Gasteiger charge is 2.25. The van der Waals surface area contributed by atoms with Crippen LogP contribution in [0.4, 0.5) is 13.2 Å². The van der Waals surface area contributed by atoms with Gasteiger partial charge in [0.05, 0.1) is 18.9 Å². The van der Waals surface area contributed by atoms with Gasteiger partial charge in [0, 0.05) is 32.5 Å². The number of furan rings is 1. The fourth-order valence-electron chi connectivity index (χ4n) is 2.57. The number of unbranched alkanes of at least 4 members (excludes halogenated alkanes) is 1. The average molecular weight is 361 g/mol. The lowest BCUT2D eigenvalue weighted by Gasteiger charge is -2.14. The van der Waals surface area contributed by atoms with Crippen LogP contribution in [-0.2, 0) is 11.2 Å². The highest BCUT2D eigenvalue weighted by atomic mass is 19.4. The second-order valence-corrected chi connectivity index (χ2v) is 6.08. The molecule has 5 nitrogen and oxygen atoms in total. The summed E-state index contributed by atoms with van der Waals surface area (Å²) in [4.78, 5) is 4.49. The SMILES string of the molecule is FC(F)(F)CCCCNC(=NCC1CCCO1)NCCc1ccco1. The van der Waals surface area contributed by atoms with E-state index in [4.69, 9.17) is 9.15 Å². The third-order valence-corrected chi connectivity index (χ3v) is 3.90. The van der Waals surface area contributed by atoms with Crippen LogP contribution in [0.2, 0.25) is 0 Å². The number of nitrogens with one attached hydrogen (secondary N) is 2. The Morgan fingerprint density at radius 1 is 1.24 bits per heavy atom. The molecule has 1 aliphatic heterocycles. The number of alkyl halides is 3. The molecule has 142 valence electrons. The second kappa shape index (κ2) is 10.3. The zero-order chi connectivity index (χ0) is 18.0. The zero-order valence-electron chi connectivity index (χ0n) is 14.3. The van der Waals surface area contributed by atoms with Gasteiger partial charge in [0.25, 0.3) is 0 Å². The van der Waals surface area contributed by atoms with Gasteiger partial charge < -0.3 is 19.8 Å². The van der Waals surface area contributed by atoms with Crippen LogP contribution in [0.5, 0.6) is 0 Å². The third-order valence-electron chi connectivity index (χ3n) is 3.90. The van der Waals surface area contributed by atoms with E-state index in [1.54, 1.807) is 6.26 Å². The van der Waals surface area contributed by atoms with Crippen LogP contribution in [-0.4, -0.2) is 44.5 Å². The number of aliphatic imine (C=N–C) groups is 1. The summed E-state index contributed by atoms with van der Waals surface area (Å²) in [6.45, 7) is 2.41. The van der Waals surface area contributed by atoms with Gasteiger partial charge in [0.1, 0.15) is 5.76 Å². The first-order chi connectivity index (χ1) is 12.0. The minimum Gasteiger partial charge on any atom is -0.469 e. The maximum atomic E-state index is 12.2. The van der Waals surface area contributed by atoms with Gasteiger partial charge in [-0.3, -0.25) is 4.99 Å². The Hall–Kier alpha value is -1.70. The van der Waals surface area contributed by atoms with Gasteiger partial charge in [0.2, 0.25) is 0 Å². The number of guanidine groups is 1. The van der Waals surface area contributed by atoms with Gasteiger partial charge in [-0.05, 0) is 37.8 Å². The van der Waals surface area contributed by atoms with E-state index >= 15 is 0 Å². The van der Waals surface area contributed by atoms with Crippen molar-refractivity contribution in [2.24, 2.45) is 4.99 Å². The van der Waals surface area contributed by atoms with Crippen molar-refractivity contribution >= 4 is 5.96 Å². The van der Waals surface area contributed by atoms with Crippen molar-refractivity contribution in [2.45, 2.75) is 50.8 Å². The number of nitrogens with zero attached hydrogens (tertiary/aromatic N) is 1. The summed E-state index contributed by atoms with van der Waals surface area (Å²) in [7, 11) is 0. The van der Waals surface area contributed by atoms with Crippen molar-refractivity contribution in [1.29, 1.82) is 0 Å². The topological polar surface area (TPSA) is 58.8 Å². The monoisotopic (exact) mass is 361 g/mol. The third kappa shape index (κ3) is 8.81. The summed E-state index contributed by atoms with van der Waals surface area (Å²) >= 11 is 0. The molecule has 0 aliphatic carbocycles. The molecule has 1 aromatic heterocycles. The molecular formula is C17H26F3N3O2. The standard InChI is InChI=1S/C17H26F3N3O2/c18-17(19,20)8-1-2-9-21-16(23-13-15-6-4-12-25-15)22-10-7-14-5-3-11-24-14/h3,5,11,15H,1-2,4,6-10,12-13H2,(H2,21,22,23). The first-order valence-electron chi connectivity index (χ1n) is 8.76. The van der Waals surface area contributed by atoms with Crippen molar-refractivity contribution in [3.05, 3.63) is 24.2 Å². The van der Waals surface area contributed by atoms with E-state index in [-0.39, 0.29) is 12.5 Å². The van der Waals surface area contributed by atoms with E-state index in [1.807, 2.05) is 12.1 Å². The minimum atomic E-state index is -4.09. The molecule has 2 rings (SSSR count). The van der Waals surface area contributed by atoms with Crippen LogP contribution < -0.4 is 10.6 Å². The average Bonchev–Trinajstić information content (AvgIpc) is 3.24. The van der Waals surface area contributed by atoms with Crippen molar-refractivity contribution in [1.82, 2.24) is 10.6 Å². The molecular weight excluding hydrogens is 335 g/mol. The molecule has 1 atom stereocenters. The molecule has 2 N–H and O–H groups in total. The Kier molecular flexibility index (Phi) is 8.11. The van der Waals surface area contributed by atoms with E-state index < -0.39 is 12.6 Å². The summed E-state index contributed by atoms with van der Waals surface area (Å²) in [6.07, 6.45) is 0.235. The van der Waals surface area contributed by atoms with Crippen LogP contribution in [0.25, 0.3) is 0 Å². The van der Waals surface area contributed by atoms with E-state index in [9.17, 15) is 13.2 Å². The van der Waals surface area contributed by atoms with E-state index in [2.05, 4.69) is 15.6 Å². The highest BCUT2D eigenvalue weighted by molar-refractivity contribution is 5.79. The normalized spacial score (nSPS) is 18.5. The first kappa shape index (κ1) is 19.6. The summed E-state index contributed by atoms with van der Waals surface area (Å²) < 4.78 is 47.3. The molecule has 2 heterocycles. The van der Waals surface area contributed by atoms with Gasteiger partial charge in [-0.25, -0.2) is 0 Å². The van der Waals surface area contributed by atoms with Gasteiger partial charge in [0.15, 0.2) is 5.96 Å². The summed E-state index contributed by atoms with van der Waals surface area (Å²) in [5.74, 6) is 1.48. The minimum absolute atomic E-state index is 0.113. The number of hydrogen-bond acceptors (Lipinski definition) is 3. The molecule has 1 aliphatic rings. The maximum absolute atomic E-state index is 12.2.